The molecule has 0 aromatic heterocycles. The first-order valence-corrected chi connectivity index (χ1v) is 8.52. The second-order valence-corrected chi connectivity index (χ2v) is 6.73. The van der Waals surface area contributed by atoms with Crippen LogP contribution in [-0.4, -0.2) is 22.9 Å². The third-order valence-electron chi connectivity index (χ3n) is 4.75. The molecule has 6 nitrogen and oxygen atoms in total. The van der Waals surface area contributed by atoms with Crippen molar-refractivity contribution in [2.75, 3.05) is 5.32 Å². The van der Waals surface area contributed by atoms with Gasteiger partial charge in [0.15, 0.2) is 0 Å². The quantitative estimate of drug-likeness (QED) is 0.601. The molecule has 0 radical (unpaired) electrons. The van der Waals surface area contributed by atoms with E-state index >= 15 is 0 Å². The van der Waals surface area contributed by atoms with E-state index in [1.54, 1.807) is 6.92 Å². The largest absolute Gasteiger partial charge is 0.418 e. The van der Waals surface area contributed by atoms with E-state index in [9.17, 15) is 28.1 Å². The zero-order valence-electron chi connectivity index (χ0n) is 14.6. The lowest BCUT2D eigenvalue weighted by atomic mass is 9.85. The van der Waals surface area contributed by atoms with Crippen molar-refractivity contribution in [3.63, 3.8) is 0 Å². The minimum atomic E-state index is -4.82. The topological polar surface area (TPSA) is 84.3 Å². The van der Waals surface area contributed by atoms with Crippen LogP contribution in [0, 0.1) is 16.0 Å². The predicted octanol–water partition coefficient (Wildman–Crippen LogP) is 4.11. The van der Waals surface area contributed by atoms with Crippen LogP contribution in [0.1, 0.15) is 45.1 Å². The van der Waals surface area contributed by atoms with Crippen LogP contribution in [0.5, 0.6) is 0 Å². The van der Waals surface area contributed by atoms with Crippen molar-refractivity contribution in [1.82, 2.24) is 5.32 Å². The molecule has 144 valence electrons. The van der Waals surface area contributed by atoms with E-state index in [2.05, 4.69) is 17.6 Å². The summed E-state index contributed by atoms with van der Waals surface area (Å²) in [4.78, 5) is 22.1. The normalized spacial score (nSPS) is 21.9. The Labute approximate surface area is 149 Å². The highest BCUT2D eigenvalue weighted by molar-refractivity contribution is 5.95. The molecular weight excluding hydrogens is 351 g/mol. The molecule has 0 heterocycles. The van der Waals surface area contributed by atoms with E-state index in [4.69, 9.17) is 0 Å². The molecule has 1 aromatic rings. The van der Waals surface area contributed by atoms with E-state index in [0.717, 1.165) is 37.8 Å². The number of amides is 1. The third kappa shape index (κ3) is 4.94. The fourth-order valence-electron chi connectivity index (χ4n) is 3.19. The summed E-state index contributed by atoms with van der Waals surface area (Å²) in [5.41, 5.74) is -2.41. The lowest BCUT2D eigenvalue weighted by Gasteiger charge is -2.31. The number of nitrogens with one attached hydrogen (secondary N) is 2. The van der Waals surface area contributed by atoms with Gasteiger partial charge < -0.3 is 10.6 Å². The van der Waals surface area contributed by atoms with Crippen molar-refractivity contribution >= 4 is 17.3 Å². The molecule has 2 rings (SSSR count). The molecule has 9 heteroatoms. The first-order chi connectivity index (χ1) is 12.1. The summed E-state index contributed by atoms with van der Waals surface area (Å²) in [6, 6.07) is 1.73. The van der Waals surface area contributed by atoms with E-state index < -0.39 is 40.0 Å². The molecule has 0 aliphatic heterocycles. The van der Waals surface area contributed by atoms with Crippen LogP contribution < -0.4 is 10.6 Å². The molecule has 0 unspecified atom stereocenters. The first kappa shape index (κ1) is 20.2. The lowest BCUT2D eigenvalue weighted by molar-refractivity contribution is -0.385. The second-order valence-electron chi connectivity index (χ2n) is 6.73. The van der Waals surface area contributed by atoms with Gasteiger partial charge >= 0.3 is 6.18 Å². The van der Waals surface area contributed by atoms with E-state index in [1.807, 2.05) is 0 Å². The van der Waals surface area contributed by atoms with Gasteiger partial charge in [0.2, 0.25) is 5.91 Å². The van der Waals surface area contributed by atoms with Gasteiger partial charge in [0, 0.05) is 18.2 Å². The maximum absolute atomic E-state index is 13.2. The Balaban J connectivity index is 2.13. The van der Waals surface area contributed by atoms with Gasteiger partial charge in [-0.15, -0.1) is 0 Å². The number of anilines is 1. The number of alkyl halides is 3. The number of non-ortho nitro benzene ring substituents is 1. The van der Waals surface area contributed by atoms with Crippen molar-refractivity contribution in [2.45, 2.75) is 57.8 Å². The van der Waals surface area contributed by atoms with Crippen LogP contribution in [0.3, 0.4) is 0 Å². The van der Waals surface area contributed by atoms with E-state index in [-0.39, 0.29) is 6.04 Å². The standard InChI is InChI=1S/C17H22F3N3O3/c1-10-5-3-4-6-14(10)21-11(2)16(24)22-15-8-7-12(23(25)26)9-13(15)17(18,19)20/h7-11,14,21H,3-6H2,1-2H3,(H,22,24)/t10-,11+,14-/m1/s1. The van der Waals surface area contributed by atoms with Crippen molar-refractivity contribution in [3.8, 4) is 0 Å². The van der Waals surface area contributed by atoms with Gasteiger partial charge in [0.05, 0.1) is 22.2 Å². The molecule has 1 aliphatic rings. The number of halogens is 3. The molecule has 1 fully saturated rings. The van der Waals surface area contributed by atoms with Gasteiger partial charge in [-0.25, -0.2) is 0 Å². The fourth-order valence-corrected chi connectivity index (χ4v) is 3.19. The van der Waals surface area contributed by atoms with Crippen LogP contribution >= 0.6 is 0 Å². The summed E-state index contributed by atoms with van der Waals surface area (Å²) < 4.78 is 39.5. The van der Waals surface area contributed by atoms with Gasteiger partial charge in [-0.05, 0) is 31.7 Å². The smallest absolute Gasteiger partial charge is 0.324 e. The molecule has 0 saturated heterocycles. The molecule has 2 N–H and O–H groups in total. The Hall–Kier alpha value is -2.16. The Morgan fingerprint density at radius 1 is 1.31 bits per heavy atom. The third-order valence-corrected chi connectivity index (χ3v) is 4.75. The van der Waals surface area contributed by atoms with Gasteiger partial charge in [0.25, 0.3) is 5.69 Å². The summed E-state index contributed by atoms with van der Waals surface area (Å²) in [5, 5.41) is 16.1. The number of hydrogen-bond donors (Lipinski definition) is 2. The summed E-state index contributed by atoms with van der Waals surface area (Å²) in [7, 11) is 0. The minimum Gasteiger partial charge on any atom is -0.324 e. The zero-order valence-corrected chi connectivity index (χ0v) is 14.6. The van der Waals surface area contributed by atoms with Gasteiger partial charge in [0.1, 0.15) is 0 Å². The fraction of sp³-hybridized carbons (Fsp3) is 0.588. The number of nitro benzene ring substituents is 1. The van der Waals surface area contributed by atoms with Crippen LogP contribution in [0.4, 0.5) is 24.5 Å². The molecule has 1 saturated carbocycles. The summed E-state index contributed by atoms with van der Waals surface area (Å²) in [6.45, 7) is 3.68. The van der Waals surface area contributed by atoms with E-state index in [1.165, 1.54) is 0 Å². The number of rotatable bonds is 5. The molecule has 26 heavy (non-hydrogen) atoms. The summed E-state index contributed by atoms with van der Waals surface area (Å²) >= 11 is 0. The number of hydrogen-bond acceptors (Lipinski definition) is 4. The average molecular weight is 373 g/mol. The van der Waals surface area contributed by atoms with Gasteiger partial charge in [-0.3, -0.25) is 14.9 Å². The van der Waals surface area contributed by atoms with E-state index in [0.29, 0.717) is 12.0 Å². The highest BCUT2D eigenvalue weighted by atomic mass is 19.4. The maximum Gasteiger partial charge on any atom is 0.418 e. The van der Waals surface area contributed by atoms with Crippen molar-refractivity contribution in [1.29, 1.82) is 0 Å². The number of benzene rings is 1. The molecule has 0 spiro atoms. The molecule has 0 bridgehead atoms. The van der Waals surface area contributed by atoms with Crippen LogP contribution in [-0.2, 0) is 11.0 Å². The summed E-state index contributed by atoms with van der Waals surface area (Å²) in [6.07, 6.45) is -0.658. The van der Waals surface area contributed by atoms with Crippen LogP contribution in [0.2, 0.25) is 0 Å². The van der Waals surface area contributed by atoms with Crippen molar-refractivity contribution < 1.29 is 22.9 Å². The number of nitro groups is 1. The number of nitrogens with zero attached hydrogens (tertiary/aromatic N) is 1. The predicted molar refractivity (Wildman–Crippen MR) is 90.7 cm³/mol. The van der Waals surface area contributed by atoms with Crippen molar-refractivity contribution in [3.05, 3.63) is 33.9 Å². The second kappa shape index (κ2) is 8.03. The van der Waals surface area contributed by atoms with Gasteiger partial charge in [-0.1, -0.05) is 19.8 Å². The van der Waals surface area contributed by atoms with Crippen molar-refractivity contribution in [2.24, 2.45) is 5.92 Å². The molecular formula is C17H22F3N3O3. The number of carbonyl (C=O) groups excluding carboxylic acids is 1. The van der Waals surface area contributed by atoms with Crippen LogP contribution in [0.15, 0.2) is 18.2 Å². The highest BCUT2D eigenvalue weighted by Crippen LogP contribution is 2.37. The molecule has 1 aliphatic carbocycles. The monoisotopic (exact) mass is 373 g/mol. The van der Waals surface area contributed by atoms with Gasteiger partial charge in [-0.2, -0.15) is 13.2 Å². The highest BCUT2D eigenvalue weighted by Gasteiger charge is 2.36. The Bertz CT molecular complexity index is 679. The SMILES string of the molecule is C[C@H](N[C@@H]1CCCC[C@H]1C)C(=O)Nc1ccc([N+](=O)[O-])cc1C(F)(F)F. The summed E-state index contributed by atoms with van der Waals surface area (Å²) in [5.74, 6) is -0.216. The zero-order chi connectivity index (χ0) is 19.5. The van der Waals surface area contributed by atoms with Crippen LogP contribution in [0.25, 0.3) is 0 Å². The first-order valence-electron chi connectivity index (χ1n) is 8.52. The molecule has 1 aromatic carbocycles. The average Bonchev–Trinajstić information content (AvgIpc) is 2.56. The number of carbonyl (C=O) groups is 1. The maximum atomic E-state index is 13.2. The minimum absolute atomic E-state index is 0.142. The Morgan fingerprint density at radius 3 is 2.54 bits per heavy atom. The Kier molecular flexibility index (Phi) is 6.22. The molecule has 3 atom stereocenters. The molecule has 1 amide bonds. The Morgan fingerprint density at radius 2 is 1.96 bits per heavy atom. The lowest BCUT2D eigenvalue weighted by Crippen LogP contribution is -2.47.